The van der Waals surface area contributed by atoms with Crippen molar-refractivity contribution in [3.63, 3.8) is 0 Å². The number of para-hydroxylation sites is 1. The van der Waals surface area contributed by atoms with Crippen molar-refractivity contribution in [2.45, 2.75) is 26.9 Å². The first-order chi connectivity index (χ1) is 13.5. The van der Waals surface area contributed by atoms with Crippen molar-refractivity contribution in [1.82, 2.24) is 9.78 Å². The molecule has 1 aromatic heterocycles. The van der Waals surface area contributed by atoms with Crippen molar-refractivity contribution >= 4 is 12.0 Å². The molecule has 0 aliphatic rings. The fourth-order valence-corrected chi connectivity index (χ4v) is 2.82. The number of aryl methyl sites for hydroxylation is 1. The standard InChI is InChI=1S/C23H21N3O2/c1-16(2)28-23(27)18(14-24)13-19-15-26(20-10-5-4-6-11-20)25-22(19)21-12-8-7-9-17(21)3/h4-13,15-16H,1-3H3/b18-13+. The van der Waals surface area contributed by atoms with E-state index < -0.39 is 5.97 Å². The predicted molar refractivity (Wildman–Crippen MR) is 109 cm³/mol. The van der Waals surface area contributed by atoms with Crippen LogP contribution in [0.4, 0.5) is 0 Å². The van der Waals surface area contributed by atoms with Crippen molar-refractivity contribution in [2.24, 2.45) is 0 Å². The number of hydrogen-bond donors (Lipinski definition) is 0. The number of nitriles is 1. The number of aromatic nitrogens is 2. The molecule has 0 unspecified atom stereocenters. The van der Waals surface area contributed by atoms with Gasteiger partial charge in [-0.05, 0) is 44.5 Å². The second-order valence-corrected chi connectivity index (χ2v) is 6.65. The van der Waals surface area contributed by atoms with Crippen LogP contribution >= 0.6 is 0 Å². The molecule has 0 radical (unpaired) electrons. The van der Waals surface area contributed by atoms with Crippen LogP contribution in [0.5, 0.6) is 0 Å². The molecule has 2 aromatic carbocycles. The smallest absolute Gasteiger partial charge is 0.349 e. The highest BCUT2D eigenvalue weighted by atomic mass is 16.5. The van der Waals surface area contributed by atoms with Crippen LogP contribution in [0.15, 0.2) is 66.4 Å². The average molecular weight is 371 g/mol. The summed E-state index contributed by atoms with van der Waals surface area (Å²) in [4.78, 5) is 12.2. The Morgan fingerprint density at radius 1 is 1.14 bits per heavy atom. The number of nitrogens with zero attached hydrogens (tertiary/aromatic N) is 3. The maximum Gasteiger partial charge on any atom is 0.349 e. The molecule has 0 saturated carbocycles. The lowest BCUT2D eigenvalue weighted by Gasteiger charge is -2.07. The summed E-state index contributed by atoms with van der Waals surface area (Å²) in [6, 6.07) is 19.5. The first-order valence-corrected chi connectivity index (χ1v) is 9.03. The highest BCUT2D eigenvalue weighted by Crippen LogP contribution is 2.28. The van der Waals surface area contributed by atoms with Crippen molar-refractivity contribution in [3.05, 3.63) is 77.5 Å². The number of hydrogen-bond acceptors (Lipinski definition) is 4. The van der Waals surface area contributed by atoms with E-state index in [-0.39, 0.29) is 11.7 Å². The van der Waals surface area contributed by atoms with Crippen LogP contribution in [-0.4, -0.2) is 21.9 Å². The lowest BCUT2D eigenvalue weighted by Crippen LogP contribution is -2.12. The van der Waals surface area contributed by atoms with Crippen LogP contribution in [0.3, 0.4) is 0 Å². The van der Waals surface area contributed by atoms with E-state index in [1.807, 2.05) is 73.8 Å². The minimum atomic E-state index is -0.638. The van der Waals surface area contributed by atoms with Gasteiger partial charge in [-0.3, -0.25) is 0 Å². The van der Waals surface area contributed by atoms with Crippen LogP contribution in [0.25, 0.3) is 23.0 Å². The molecule has 0 aliphatic heterocycles. The number of ether oxygens (including phenoxy) is 1. The Morgan fingerprint density at radius 2 is 1.82 bits per heavy atom. The molecule has 5 heteroatoms. The molecule has 140 valence electrons. The van der Waals surface area contributed by atoms with Gasteiger partial charge in [-0.2, -0.15) is 10.4 Å². The Bertz CT molecular complexity index is 1060. The molecular weight excluding hydrogens is 350 g/mol. The lowest BCUT2D eigenvalue weighted by atomic mass is 10.0. The van der Waals surface area contributed by atoms with Gasteiger partial charge in [0.25, 0.3) is 0 Å². The number of esters is 1. The molecular formula is C23H21N3O2. The first-order valence-electron chi connectivity index (χ1n) is 9.03. The van der Waals surface area contributed by atoms with Gasteiger partial charge in [0.15, 0.2) is 0 Å². The Balaban J connectivity index is 2.15. The van der Waals surface area contributed by atoms with E-state index in [9.17, 15) is 10.1 Å². The molecule has 0 aliphatic carbocycles. The van der Waals surface area contributed by atoms with Gasteiger partial charge in [0.05, 0.1) is 11.8 Å². The van der Waals surface area contributed by atoms with Crippen LogP contribution in [0, 0.1) is 18.3 Å². The molecule has 0 saturated heterocycles. The normalized spacial score (nSPS) is 11.3. The highest BCUT2D eigenvalue weighted by molar-refractivity contribution is 5.99. The molecule has 3 rings (SSSR count). The minimum absolute atomic E-state index is 0.0591. The second kappa shape index (κ2) is 8.36. The minimum Gasteiger partial charge on any atom is -0.459 e. The molecule has 1 heterocycles. The molecule has 0 spiro atoms. The van der Waals surface area contributed by atoms with Crippen LogP contribution in [0.2, 0.25) is 0 Å². The zero-order chi connectivity index (χ0) is 20.1. The van der Waals surface area contributed by atoms with Crippen molar-refractivity contribution < 1.29 is 9.53 Å². The van der Waals surface area contributed by atoms with E-state index in [0.717, 1.165) is 16.8 Å². The molecule has 0 atom stereocenters. The lowest BCUT2D eigenvalue weighted by molar-refractivity contribution is -0.142. The molecule has 3 aromatic rings. The summed E-state index contributed by atoms with van der Waals surface area (Å²) in [6.07, 6.45) is 3.06. The van der Waals surface area contributed by atoms with E-state index in [1.54, 1.807) is 24.6 Å². The van der Waals surface area contributed by atoms with Gasteiger partial charge < -0.3 is 4.74 Å². The molecule has 0 amide bonds. The summed E-state index contributed by atoms with van der Waals surface area (Å²) in [7, 11) is 0. The van der Waals surface area contributed by atoms with Crippen molar-refractivity contribution in [3.8, 4) is 23.0 Å². The van der Waals surface area contributed by atoms with Crippen molar-refractivity contribution in [1.29, 1.82) is 5.26 Å². The summed E-state index contributed by atoms with van der Waals surface area (Å²) < 4.78 is 6.93. The van der Waals surface area contributed by atoms with Crippen LogP contribution < -0.4 is 0 Å². The Kier molecular flexibility index (Phi) is 5.71. The zero-order valence-electron chi connectivity index (χ0n) is 16.1. The Morgan fingerprint density at radius 3 is 2.46 bits per heavy atom. The van der Waals surface area contributed by atoms with Gasteiger partial charge in [0.2, 0.25) is 0 Å². The maximum absolute atomic E-state index is 12.2. The van der Waals surface area contributed by atoms with E-state index >= 15 is 0 Å². The summed E-state index contributed by atoms with van der Waals surface area (Å²) in [5, 5.41) is 14.2. The first kappa shape index (κ1) is 19.1. The second-order valence-electron chi connectivity index (χ2n) is 6.65. The van der Waals surface area contributed by atoms with E-state index in [0.29, 0.717) is 11.3 Å². The number of carbonyl (C=O) groups is 1. The van der Waals surface area contributed by atoms with E-state index in [1.165, 1.54) is 0 Å². The van der Waals surface area contributed by atoms with Gasteiger partial charge in [-0.15, -0.1) is 0 Å². The fraction of sp³-hybridized carbons (Fsp3) is 0.174. The third-order valence-electron chi connectivity index (χ3n) is 4.15. The number of carbonyl (C=O) groups excluding carboxylic acids is 1. The fourth-order valence-electron chi connectivity index (χ4n) is 2.82. The maximum atomic E-state index is 12.2. The third-order valence-corrected chi connectivity index (χ3v) is 4.15. The highest BCUT2D eigenvalue weighted by Gasteiger charge is 2.17. The van der Waals surface area contributed by atoms with Gasteiger partial charge in [-0.25, -0.2) is 9.48 Å². The van der Waals surface area contributed by atoms with Gasteiger partial charge in [0.1, 0.15) is 17.3 Å². The average Bonchev–Trinajstić information content (AvgIpc) is 3.10. The summed E-state index contributed by atoms with van der Waals surface area (Å²) in [5.41, 5.74) is 4.20. The number of rotatable bonds is 5. The summed E-state index contributed by atoms with van der Waals surface area (Å²) in [6.45, 7) is 5.50. The molecule has 0 fully saturated rings. The van der Waals surface area contributed by atoms with E-state index in [2.05, 4.69) is 0 Å². The third kappa shape index (κ3) is 4.18. The molecule has 28 heavy (non-hydrogen) atoms. The van der Waals surface area contributed by atoms with Gasteiger partial charge >= 0.3 is 5.97 Å². The zero-order valence-corrected chi connectivity index (χ0v) is 16.1. The SMILES string of the molecule is Cc1ccccc1-c1nn(-c2ccccc2)cc1/C=C(\C#N)C(=O)OC(C)C. The largest absolute Gasteiger partial charge is 0.459 e. The quantitative estimate of drug-likeness (QED) is 0.370. The topological polar surface area (TPSA) is 67.9 Å². The predicted octanol–water partition coefficient (Wildman–Crippen LogP) is 4.71. The molecule has 0 N–H and O–H groups in total. The van der Waals surface area contributed by atoms with Crippen LogP contribution in [0.1, 0.15) is 25.0 Å². The van der Waals surface area contributed by atoms with Crippen LogP contribution in [-0.2, 0) is 9.53 Å². The Hall–Kier alpha value is -3.65. The monoisotopic (exact) mass is 371 g/mol. The van der Waals surface area contributed by atoms with E-state index in [4.69, 9.17) is 9.84 Å². The van der Waals surface area contributed by atoms with Crippen molar-refractivity contribution in [2.75, 3.05) is 0 Å². The summed E-state index contributed by atoms with van der Waals surface area (Å²) >= 11 is 0. The summed E-state index contributed by atoms with van der Waals surface area (Å²) in [5.74, 6) is -0.638. The molecule has 5 nitrogen and oxygen atoms in total. The Labute approximate surface area is 164 Å². The van der Waals surface area contributed by atoms with Gasteiger partial charge in [-0.1, -0.05) is 42.5 Å². The number of benzene rings is 2. The molecule has 0 bridgehead atoms. The van der Waals surface area contributed by atoms with Gasteiger partial charge in [0, 0.05) is 17.3 Å².